The van der Waals surface area contributed by atoms with E-state index in [9.17, 15) is 9.59 Å². The van der Waals surface area contributed by atoms with E-state index in [4.69, 9.17) is 5.11 Å². The minimum Gasteiger partial charge on any atom is -0.481 e. The Morgan fingerprint density at radius 3 is 3.04 bits per heavy atom. The molecular formula is C17H21N3O3. The Kier molecular flexibility index (Phi) is 4.50. The van der Waals surface area contributed by atoms with E-state index in [-0.39, 0.29) is 6.03 Å². The molecule has 3 rings (SSSR count). The lowest BCUT2D eigenvalue weighted by Crippen LogP contribution is -2.47. The van der Waals surface area contributed by atoms with Gasteiger partial charge in [-0.2, -0.15) is 0 Å². The number of hydrogen-bond acceptors (Lipinski definition) is 2. The van der Waals surface area contributed by atoms with Gasteiger partial charge in [-0.25, -0.2) is 4.79 Å². The zero-order valence-corrected chi connectivity index (χ0v) is 12.9. The van der Waals surface area contributed by atoms with Crippen LogP contribution in [0.25, 0.3) is 10.9 Å². The first kappa shape index (κ1) is 15.4. The Morgan fingerprint density at radius 1 is 1.35 bits per heavy atom. The van der Waals surface area contributed by atoms with E-state index >= 15 is 0 Å². The first-order valence-electron chi connectivity index (χ1n) is 7.95. The number of carboxylic acids is 1. The maximum absolute atomic E-state index is 12.1. The van der Waals surface area contributed by atoms with E-state index < -0.39 is 11.9 Å². The zero-order chi connectivity index (χ0) is 16.2. The van der Waals surface area contributed by atoms with Crippen LogP contribution in [0.1, 0.15) is 18.4 Å². The molecule has 1 aliphatic rings. The molecule has 1 atom stereocenters. The van der Waals surface area contributed by atoms with Gasteiger partial charge in [0.05, 0.1) is 5.92 Å². The molecule has 1 aromatic heterocycles. The summed E-state index contributed by atoms with van der Waals surface area (Å²) >= 11 is 0. The number of aromatic nitrogens is 1. The van der Waals surface area contributed by atoms with Crippen molar-refractivity contribution < 1.29 is 14.7 Å². The fourth-order valence-corrected chi connectivity index (χ4v) is 3.05. The predicted octanol–water partition coefficient (Wildman–Crippen LogP) is 2.22. The number of aromatic amines is 1. The normalized spacial score (nSPS) is 18.1. The van der Waals surface area contributed by atoms with Crippen LogP contribution in [0.15, 0.2) is 30.5 Å². The van der Waals surface area contributed by atoms with E-state index in [0.29, 0.717) is 26.1 Å². The van der Waals surface area contributed by atoms with Gasteiger partial charge >= 0.3 is 12.0 Å². The smallest absolute Gasteiger partial charge is 0.317 e. The Bertz CT molecular complexity index is 710. The van der Waals surface area contributed by atoms with Crippen LogP contribution in [-0.4, -0.2) is 46.6 Å². The number of rotatable bonds is 4. The molecule has 6 nitrogen and oxygen atoms in total. The molecule has 1 aromatic carbocycles. The van der Waals surface area contributed by atoms with Crippen LogP contribution in [0.3, 0.4) is 0 Å². The lowest BCUT2D eigenvalue weighted by atomic mass is 9.99. The quantitative estimate of drug-likeness (QED) is 0.808. The monoisotopic (exact) mass is 315 g/mol. The molecule has 0 aliphatic carbocycles. The summed E-state index contributed by atoms with van der Waals surface area (Å²) in [7, 11) is 0. The number of carbonyl (C=O) groups excluding carboxylic acids is 1. The molecule has 23 heavy (non-hydrogen) atoms. The van der Waals surface area contributed by atoms with Crippen LogP contribution in [0.4, 0.5) is 4.79 Å². The molecule has 0 radical (unpaired) electrons. The van der Waals surface area contributed by atoms with Crippen molar-refractivity contribution >= 4 is 22.9 Å². The fourth-order valence-electron chi connectivity index (χ4n) is 3.05. The molecule has 1 saturated heterocycles. The van der Waals surface area contributed by atoms with Crippen molar-refractivity contribution in [1.29, 1.82) is 0 Å². The molecule has 2 amide bonds. The second-order valence-electron chi connectivity index (χ2n) is 6.00. The van der Waals surface area contributed by atoms with Crippen molar-refractivity contribution in [2.45, 2.75) is 19.3 Å². The van der Waals surface area contributed by atoms with Gasteiger partial charge in [-0.3, -0.25) is 4.79 Å². The average molecular weight is 315 g/mol. The van der Waals surface area contributed by atoms with Crippen LogP contribution < -0.4 is 5.32 Å². The number of carboxylic acid groups (broad SMARTS) is 1. The van der Waals surface area contributed by atoms with Gasteiger partial charge in [0.25, 0.3) is 0 Å². The number of H-pyrrole nitrogens is 1. The summed E-state index contributed by atoms with van der Waals surface area (Å²) in [5, 5.41) is 13.1. The van der Waals surface area contributed by atoms with Crippen LogP contribution in [0, 0.1) is 5.92 Å². The van der Waals surface area contributed by atoms with Gasteiger partial charge in [-0.1, -0.05) is 6.07 Å². The number of piperidine rings is 1. The third kappa shape index (κ3) is 3.64. The van der Waals surface area contributed by atoms with Crippen molar-refractivity contribution in [3.8, 4) is 0 Å². The van der Waals surface area contributed by atoms with E-state index in [1.54, 1.807) is 4.90 Å². The minimum absolute atomic E-state index is 0.168. The number of likely N-dealkylation sites (tertiary alicyclic amines) is 1. The number of hydrogen-bond donors (Lipinski definition) is 3. The summed E-state index contributed by atoms with van der Waals surface area (Å²) in [4.78, 5) is 28.0. The van der Waals surface area contributed by atoms with Gasteiger partial charge in [-0.05, 0) is 48.4 Å². The molecule has 0 saturated carbocycles. The van der Waals surface area contributed by atoms with Gasteiger partial charge in [0, 0.05) is 31.3 Å². The number of nitrogens with zero attached hydrogens (tertiary/aromatic N) is 1. The predicted molar refractivity (Wildman–Crippen MR) is 87.3 cm³/mol. The van der Waals surface area contributed by atoms with Crippen molar-refractivity contribution in [2.24, 2.45) is 5.92 Å². The van der Waals surface area contributed by atoms with Gasteiger partial charge < -0.3 is 20.3 Å². The summed E-state index contributed by atoms with van der Waals surface area (Å²) in [6.07, 6.45) is 4.05. The standard InChI is InChI=1S/C17H21N3O3/c21-16(22)14-2-1-9-20(11-14)17(23)19-7-5-12-3-4-15-13(10-12)6-8-18-15/h3-4,6,8,10,14,18H,1-2,5,7,9,11H2,(H,19,23)(H,21,22). The Morgan fingerprint density at radius 2 is 2.22 bits per heavy atom. The molecule has 1 unspecified atom stereocenters. The topological polar surface area (TPSA) is 85.4 Å². The Hall–Kier alpha value is -2.50. The summed E-state index contributed by atoms with van der Waals surface area (Å²) in [5.74, 6) is -1.26. The molecule has 0 spiro atoms. The second kappa shape index (κ2) is 6.73. The van der Waals surface area contributed by atoms with Crippen LogP contribution in [-0.2, 0) is 11.2 Å². The number of nitrogens with one attached hydrogen (secondary N) is 2. The molecular weight excluding hydrogens is 294 g/mol. The van der Waals surface area contributed by atoms with Crippen LogP contribution in [0.2, 0.25) is 0 Å². The second-order valence-corrected chi connectivity index (χ2v) is 6.00. The SMILES string of the molecule is O=C(O)C1CCCN(C(=O)NCCc2ccc3[nH]ccc3c2)C1. The first-order chi connectivity index (χ1) is 11.1. The molecule has 122 valence electrons. The molecule has 6 heteroatoms. The van der Waals surface area contributed by atoms with Crippen LogP contribution >= 0.6 is 0 Å². The number of fused-ring (bicyclic) bond motifs is 1. The summed E-state index contributed by atoms with van der Waals surface area (Å²) in [6.45, 7) is 1.48. The summed E-state index contributed by atoms with van der Waals surface area (Å²) in [5.41, 5.74) is 2.27. The zero-order valence-electron chi connectivity index (χ0n) is 12.9. The molecule has 1 fully saturated rings. The number of carbonyl (C=O) groups is 2. The lowest BCUT2D eigenvalue weighted by Gasteiger charge is -2.30. The fraction of sp³-hybridized carbons (Fsp3) is 0.412. The average Bonchev–Trinajstić information content (AvgIpc) is 3.02. The van der Waals surface area contributed by atoms with Crippen LogP contribution in [0.5, 0.6) is 0 Å². The lowest BCUT2D eigenvalue weighted by molar-refractivity contribution is -0.143. The number of aliphatic carboxylic acids is 1. The molecule has 2 heterocycles. The van der Waals surface area contributed by atoms with Crippen molar-refractivity contribution in [2.75, 3.05) is 19.6 Å². The largest absolute Gasteiger partial charge is 0.481 e. The minimum atomic E-state index is -0.817. The number of amides is 2. The Balaban J connectivity index is 1.49. The highest BCUT2D eigenvalue weighted by atomic mass is 16.4. The maximum atomic E-state index is 12.1. The third-order valence-corrected chi connectivity index (χ3v) is 4.37. The highest BCUT2D eigenvalue weighted by molar-refractivity contribution is 5.80. The highest BCUT2D eigenvalue weighted by Crippen LogP contribution is 2.17. The Labute approximate surface area is 134 Å². The maximum Gasteiger partial charge on any atom is 0.317 e. The van der Waals surface area contributed by atoms with Crippen molar-refractivity contribution in [1.82, 2.24) is 15.2 Å². The van der Waals surface area contributed by atoms with E-state index in [1.807, 2.05) is 24.4 Å². The van der Waals surface area contributed by atoms with Gasteiger partial charge in [0.1, 0.15) is 0 Å². The molecule has 2 aromatic rings. The van der Waals surface area contributed by atoms with Gasteiger partial charge in [0.2, 0.25) is 0 Å². The van der Waals surface area contributed by atoms with Gasteiger partial charge in [0.15, 0.2) is 0 Å². The summed E-state index contributed by atoms with van der Waals surface area (Å²) in [6, 6.07) is 8.05. The molecule has 3 N–H and O–H groups in total. The first-order valence-corrected chi connectivity index (χ1v) is 7.95. The third-order valence-electron chi connectivity index (χ3n) is 4.37. The van der Waals surface area contributed by atoms with Crippen molar-refractivity contribution in [3.05, 3.63) is 36.0 Å². The van der Waals surface area contributed by atoms with E-state index in [1.165, 1.54) is 5.56 Å². The van der Waals surface area contributed by atoms with E-state index in [0.717, 1.165) is 23.7 Å². The molecule has 0 bridgehead atoms. The number of benzene rings is 1. The van der Waals surface area contributed by atoms with E-state index in [2.05, 4.69) is 16.4 Å². The number of urea groups is 1. The summed E-state index contributed by atoms with van der Waals surface area (Å²) < 4.78 is 0. The van der Waals surface area contributed by atoms with Crippen molar-refractivity contribution in [3.63, 3.8) is 0 Å². The van der Waals surface area contributed by atoms with Gasteiger partial charge in [-0.15, -0.1) is 0 Å². The molecule has 1 aliphatic heterocycles. The highest BCUT2D eigenvalue weighted by Gasteiger charge is 2.27.